The summed E-state index contributed by atoms with van der Waals surface area (Å²) in [5.41, 5.74) is 6.15. The van der Waals surface area contributed by atoms with Gasteiger partial charge in [-0.1, -0.05) is 57.7 Å². The zero-order valence-corrected chi connectivity index (χ0v) is 17.4. The molecular weight excluding hydrogens is 316 g/mol. The molecule has 2 heteroatoms. The van der Waals surface area contributed by atoms with Gasteiger partial charge in [0.2, 0.25) is 0 Å². The maximum absolute atomic E-state index is 4.32. The minimum Gasteiger partial charge on any atom is -0.378 e. The Labute approximate surface area is 160 Å². The van der Waals surface area contributed by atoms with Crippen LogP contribution >= 0.6 is 0 Å². The summed E-state index contributed by atoms with van der Waals surface area (Å²) < 4.78 is 0. The Morgan fingerprint density at radius 2 is 1.81 bits per heavy atom. The van der Waals surface area contributed by atoms with Gasteiger partial charge in [-0.25, -0.2) is 0 Å². The van der Waals surface area contributed by atoms with E-state index in [0.717, 1.165) is 12.1 Å². The SMILES string of the molecule is C=C(C1=CCC2(CCN(CCC(C)(C)C)CC2)c2ccccc21)N(C)C. The van der Waals surface area contributed by atoms with Gasteiger partial charge in [-0.05, 0) is 61.9 Å². The normalized spacial score (nSPS) is 19.8. The first-order valence-electron chi connectivity index (χ1n) is 10.1. The van der Waals surface area contributed by atoms with Crippen LogP contribution in [0.1, 0.15) is 57.6 Å². The molecule has 1 aliphatic carbocycles. The second-order valence-electron chi connectivity index (χ2n) is 9.64. The maximum Gasteiger partial charge on any atom is 0.0364 e. The molecule has 0 atom stereocenters. The number of rotatable bonds is 4. The molecule has 26 heavy (non-hydrogen) atoms. The van der Waals surface area contributed by atoms with E-state index in [1.807, 2.05) is 0 Å². The van der Waals surface area contributed by atoms with Crippen LogP contribution in [0, 0.1) is 5.41 Å². The summed E-state index contributed by atoms with van der Waals surface area (Å²) in [5, 5.41) is 0. The molecule has 0 amide bonds. The minimum atomic E-state index is 0.324. The summed E-state index contributed by atoms with van der Waals surface area (Å²) in [6.07, 6.45) is 7.43. The van der Waals surface area contributed by atoms with Crippen molar-refractivity contribution in [2.75, 3.05) is 33.7 Å². The van der Waals surface area contributed by atoms with E-state index in [-0.39, 0.29) is 0 Å². The molecule has 0 N–H and O–H groups in total. The fraction of sp³-hybridized carbons (Fsp3) is 0.583. The Morgan fingerprint density at radius 3 is 2.42 bits per heavy atom. The molecule has 1 saturated heterocycles. The standard InChI is InChI=1S/C24H36N2/c1-19(25(5)6)20-11-12-24(22-10-8-7-9-21(20)22)14-17-26(18-15-24)16-13-23(2,3)4/h7-11H,1,12-18H2,2-6H3. The highest BCUT2D eigenvalue weighted by Crippen LogP contribution is 2.47. The molecule has 0 unspecified atom stereocenters. The van der Waals surface area contributed by atoms with Crippen LogP contribution in [-0.4, -0.2) is 43.5 Å². The van der Waals surface area contributed by atoms with E-state index in [2.05, 4.69) is 81.6 Å². The van der Waals surface area contributed by atoms with Gasteiger partial charge in [0.1, 0.15) is 0 Å². The zero-order chi connectivity index (χ0) is 18.9. The van der Waals surface area contributed by atoms with Crippen molar-refractivity contribution in [2.45, 2.75) is 51.9 Å². The highest BCUT2D eigenvalue weighted by Gasteiger charge is 2.39. The van der Waals surface area contributed by atoms with Gasteiger partial charge in [0, 0.05) is 30.8 Å². The molecule has 142 valence electrons. The van der Waals surface area contributed by atoms with Crippen LogP contribution < -0.4 is 0 Å². The summed E-state index contributed by atoms with van der Waals surface area (Å²) in [5.74, 6) is 0. The van der Waals surface area contributed by atoms with E-state index in [1.165, 1.54) is 50.0 Å². The molecule has 1 heterocycles. The smallest absolute Gasteiger partial charge is 0.0364 e. The van der Waals surface area contributed by atoms with Gasteiger partial charge in [0.25, 0.3) is 0 Å². The number of nitrogens with zero attached hydrogens (tertiary/aromatic N) is 2. The molecule has 0 saturated carbocycles. The molecule has 2 aliphatic rings. The van der Waals surface area contributed by atoms with Gasteiger partial charge in [0.05, 0.1) is 0 Å². The second-order valence-corrected chi connectivity index (χ2v) is 9.64. The van der Waals surface area contributed by atoms with Crippen molar-refractivity contribution in [1.29, 1.82) is 0 Å². The third-order valence-electron chi connectivity index (χ3n) is 6.33. The summed E-state index contributed by atoms with van der Waals surface area (Å²) in [4.78, 5) is 4.81. The number of piperidine rings is 1. The van der Waals surface area contributed by atoms with E-state index in [1.54, 1.807) is 5.56 Å². The van der Waals surface area contributed by atoms with Crippen LogP contribution in [0.2, 0.25) is 0 Å². The van der Waals surface area contributed by atoms with Gasteiger partial charge in [-0.2, -0.15) is 0 Å². The fourth-order valence-electron chi connectivity index (χ4n) is 4.38. The van der Waals surface area contributed by atoms with E-state index < -0.39 is 0 Å². The van der Waals surface area contributed by atoms with Crippen molar-refractivity contribution < 1.29 is 0 Å². The Hall–Kier alpha value is -1.54. The molecule has 3 rings (SSSR count). The van der Waals surface area contributed by atoms with Gasteiger partial charge in [0.15, 0.2) is 0 Å². The zero-order valence-electron chi connectivity index (χ0n) is 17.4. The van der Waals surface area contributed by atoms with Crippen molar-refractivity contribution in [3.05, 3.63) is 53.7 Å². The quantitative estimate of drug-likeness (QED) is 0.724. The molecule has 0 radical (unpaired) electrons. The predicted molar refractivity (Wildman–Crippen MR) is 113 cm³/mol. The Balaban J connectivity index is 1.78. The number of benzene rings is 1. The van der Waals surface area contributed by atoms with Gasteiger partial charge >= 0.3 is 0 Å². The molecule has 1 spiro atoms. The summed E-state index contributed by atoms with van der Waals surface area (Å²) >= 11 is 0. The topological polar surface area (TPSA) is 6.48 Å². The molecule has 0 aromatic heterocycles. The summed E-state index contributed by atoms with van der Waals surface area (Å²) in [7, 11) is 4.17. The largest absolute Gasteiger partial charge is 0.378 e. The lowest BCUT2D eigenvalue weighted by atomic mass is 9.65. The Kier molecular flexibility index (Phi) is 5.35. The van der Waals surface area contributed by atoms with Crippen LogP contribution in [0.3, 0.4) is 0 Å². The molecule has 2 nitrogen and oxygen atoms in total. The summed E-state index contributed by atoms with van der Waals surface area (Å²) in [6, 6.07) is 9.06. The van der Waals surface area contributed by atoms with Crippen molar-refractivity contribution in [2.24, 2.45) is 5.41 Å². The average molecular weight is 353 g/mol. The van der Waals surface area contributed by atoms with Crippen LogP contribution in [-0.2, 0) is 5.41 Å². The Bertz CT molecular complexity index is 682. The number of allylic oxidation sites excluding steroid dienone is 2. The van der Waals surface area contributed by atoms with E-state index >= 15 is 0 Å². The van der Waals surface area contributed by atoms with Gasteiger partial charge in [-0.15, -0.1) is 0 Å². The first-order chi connectivity index (χ1) is 12.2. The van der Waals surface area contributed by atoms with Crippen molar-refractivity contribution in [3.63, 3.8) is 0 Å². The molecule has 1 fully saturated rings. The van der Waals surface area contributed by atoms with E-state index in [9.17, 15) is 0 Å². The molecule has 1 aromatic rings. The number of likely N-dealkylation sites (tertiary alicyclic amines) is 1. The first kappa shape index (κ1) is 19.2. The predicted octanol–water partition coefficient (Wildman–Crippen LogP) is 5.32. The van der Waals surface area contributed by atoms with Crippen LogP contribution in [0.4, 0.5) is 0 Å². The second kappa shape index (κ2) is 7.23. The number of fused-ring (bicyclic) bond motifs is 2. The Morgan fingerprint density at radius 1 is 1.15 bits per heavy atom. The average Bonchev–Trinajstić information content (AvgIpc) is 2.60. The monoisotopic (exact) mass is 352 g/mol. The lowest BCUT2D eigenvalue weighted by molar-refractivity contribution is 0.142. The van der Waals surface area contributed by atoms with Gasteiger partial charge in [-0.3, -0.25) is 0 Å². The van der Waals surface area contributed by atoms with Crippen molar-refractivity contribution in [3.8, 4) is 0 Å². The lowest BCUT2D eigenvalue weighted by Gasteiger charge is -2.45. The highest BCUT2D eigenvalue weighted by atomic mass is 15.1. The third-order valence-corrected chi connectivity index (χ3v) is 6.33. The lowest BCUT2D eigenvalue weighted by Crippen LogP contribution is -2.44. The molecule has 1 aliphatic heterocycles. The molecule has 1 aromatic carbocycles. The van der Waals surface area contributed by atoms with Crippen LogP contribution in [0.5, 0.6) is 0 Å². The number of hydrogen-bond acceptors (Lipinski definition) is 2. The summed E-state index contributed by atoms with van der Waals surface area (Å²) in [6.45, 7) is 15.0. The van der Waals surface area contributed by atoms with Gasteiger partial charge < -0.3 is 9.80 Å². The number of likely N-dealkylation sites (N-methyl/N-ethyl adjacent to an activating group) is 1. The number of hydrogen-bond donors (Lipinski definition) is 0. The van der Waals surface area contributed by atoms with E-state index in [4.69, 9.17) is 0 Å². The van der Waals surface area contributed by atoms with Crippen LogP contribution in [0.15, 0.2) is 42.6 Å². The van der Waals surface area contributed by atoms with Crippen molar-refractivity contribution >= 4 is 5.57 Å². The molecule has 0 bridgehead atoms. The highest BCUT2D eigenvalue weighted by molar-refractivity contribution is 5.82. The first-order valence-corrected chi connectivity index (χ1v) is 10.1. The maximum atomic E-state index is 4.32. The minimum absolute atomic E-state index is 0.324. The fourth-order valence-corrected chi connectivity index (χ4v) is 4.38. The van der Waals surface area contributed by atoms with E-state index in [0.29, 0.717) is 10.8 Å². The molecular formula is C24H36N2. The third kappa shape index (κ3) is 3.91. The van der Waals surface area contributed by atoms with Crippen LogP contribution in [0.25, 0.3) is 5.57 Å². The van der Waals surface area contributed by atoms with Crippen molar-refractivity contribution in [1.82, 2.24) is 9.80 Å².